The van der Waals surface area contributed by atoms with Crippen LogP contribution in [0.2, 0.25) is 0 Å². The van der Waals surface area contributed by atoms with Crippen molar-refractivity contribution in [2.75, 3.05) is 20.3 Å². The van der Waals surface area contributed by atoms with Crippen molar-refractivity contribution < 1.29 is 13.5 Å². The molecule has 92 valence electrons. The molecule has 1 N–H and O–H groups in total. The number of thiophene rings is 1. The highest BCUT2D eigenvalue weighted by atomic mass is 32.1. The molecule has 1 heterocycles. The third-order valence-corrected chi connectivity index (χ3v) is 3.18. The van der Waals surface area contributed by atoms with Gasteiger partial charge in [-0.3, -0.25) is 0 Å². The van der Waals surface area contributed by atoms with Crippen molar-refractivity contribution in [2.45, 2.75) is 25.8 Å². The number of aryl methyl sites for hydroxylation is 1. The summed E-state index contributed by atoms with van der Waals surface area (Å²) < 4.78 is 28.5. The monoisotopic (exact) mass is 249 g/mol. The third-order valence-electron chi connectivity index (χ3n) is 2.30. The lowest BCUT2D eigenvalue weighted by atomic mass is 10.1. The van der Waals surface area contributed by atoms with Gasteiger partial charge in [0.2, 0.25) is 0 Å². The molecular weight excluding hydrogens is 232 g/mol. The Bertz CT molecular complexity index is 304. The average Bonchev–Trinajstić information content (AvgIpc) is 2.64. The van der Waals surface area contributed by atoms with Gasteiger partial charge in [0.15, 0.2) is 0 Å². The van der Waals surface area contributed by atoms with Gasteiger partial charge in [0.05, 0.1) is 0 Å². The molecule has 0 fully saturated rings. The zero-order valence-electron chi connectivity index (χ0n) is 9.50. The molecule has 16 heavy (non-hydrogen) atoms. The van der Waals surface area contributed by atoms with E-state index in [1.165, 1.54) is 10.4 Å². The molecule has 0 radical (unpaired) electrons. The SMILES string of the molecule is CNC(CCOCC(F)F)c1csc(C)c1. The van der Waals surface area contributed by atoms with Crippen LogP contribution < -0.4 is 5.32 Å². The van der Waals surface area contributed by atoms with Gasteiger partial charge in [-0.15, -0.1) is 11.3 Å². The molecule has 0 aromatic carbocycles. The summed E-state index contributed by atoms with van der Waals surface area (Å²) in [7, 11) is 1.87. The third kappa shape index (κ3) is 4.55. The van der Waals surface area contributed by atoms with Crippen LogP contribution in [0.4, 0.5) is 8.78 Å². The predicted octanol–water partition coefficient (Wildman–Crippen LogP) is 2.99. The number of halogens is 2. The molecule has 0 saturated carbocycles. The van der Waals surface area contributed by atoms with E-state index in [0.29, 0.717) is 13.0 Å². The molecule has 0 amide bonds. The molecule has 0 aliphatic carbocycles. The van der Waals surface area contributed by atoms with Gasteiger partial charge in [-0.25, -0.2) is 8.78 Å². The van der Waals surface area contributed by atoms with Crippen molar-refractivity contribution >= 4 is 11.3 Å². The van der Waals surface area contributed by atoms with E-state index in [1.54, 1.807) is 11.3 Å². The molecule has 1 atom stereocenters. The summed E-state index contributed by atoms with van der Waals surface area (Å²) in [5, 5.41) is 5.25. The van der Waals surface area contributed by atoms with E-state index in [-0.39, 0.29) is 6.04 Å². The van der Waals surface area contributed by atoms with E-state index in [9.17, 15) is 8.78 Å². The zero-order chi connectivity index (χ0) is 12.0. The maximum absolute atomic E-state index is 11.8. The van der Waals surface area contributed by atoms with Gasteiger partial charge >= 0.3 is 0 Å². The van der Waals surface area contributed by atoms with Crippen molar-refractivity contribution in [2.24, 2.45) is 0 Å². The molecule has 1 unspecified atom stereocenters. The van der Waals surface area contributed by atoms with E-state index < -0.39 is 13.0 Å². The Morgan fingerprint density at radius 1 is 1.50 bits per heavy atom. The fraction of sp³-hybridized carbons (Fsp3) is 0.636. The topological polar surface area (TPSA) is 21.3 Å². The van der Waals surface area contributed by atoms with Gasteiger partial charge in [-0.05, 0) is 37.4 Å². The number of hydrogen-bond acceptors (Lipinski definition) is 3. The van der Waals surface area contributed by atoms with E-state index in [2.05, 4.69) is 16.8 Å². The molecular formula is C11H17F2NOS. The standard InChI is InChI=1S/C11H17F2NOS/c1-8-5-9(7-16-8)10(14-2)3-4-15-6-11(12)13/h5,7,10-11,14H,3-4,6H2,1-2H3. The average molecular weight is 249 g/mol. The fourth-order valence-electron chi connectivity index (χ4n) is 1.50. The first kappa shape index (κ1) is 13.5. The van der Waals surface area contributed by atoms with Crippen LogP contribution in [-0.2, 0) is 4.74 Å². The van der Waals surface area contributed by atoms with Crippen molar-refractivity contribution in [3.63, 3.8) is 0 Å². The Morgan fingerprint density at radius 2 is 2.25 bits per heavy atom. The maximum atomic E-state index is 11.8. The van der Waals surface area contributed by atoms with Crippen LogP contribution >= 0.6 is 11.3 Å². The van der Waals surface area contributed by atoms with Gasteiger partial charge in [-0.1, -0.05) is 0 Å². The summed E-state index contributed by atoms with van der Waals surface area (Å²) in [6, 6.07) is 2.29. The van der Waals surface area contributed by atoms with Gasteiger partial charge in [0.25, 0.3) is 6.43 Å². The Hall–Kier alpha value is -0.520. The zero-order valence-corrected chi connectivity index (χ0v) is 10.3. The van der Waals surface area contributed by atoms with Crippen LogP contribution in [0, 0.1) is 6.92 Å². The first-order valence-electron chi connectivity index (χ1n) is 5.21. The Labute approximate surface area is 98.6 Å². The van der Waals surface area contributed by atoms with Crippen LogP contribution in [0.5, 0.6) is 0 Å². The number of rotatable bonds is 7. The summed E-state index contributed by atoms with van der Waals surface area (Å²) in [4.78, 5) is 1.25. The molecule has 5 heteroatoms. The maximum Gasteiger partial charge on any atom is 0.261 e. The fourth-order valence-corrected chi connectivity index (χ4v) is 2.26. The van der Waals surface area contributed by atoms with Crippen molar-refractivity contribution in [3.8, 4) is 0 Å². The van der Waals surface area contributed by atoms with Gasteiger partial charge in [-0.2, -0.15) is 0 Å². The summed E-state index contributed by atoms with van der Waals surface area (Å²) in [5.74, 6) is 0. The first-order valence-corrected chi connectivity index (χ1v) is 6.09. The van der Waals surface area contributed by atoms with Gasteiger partial charge in [0.1, 0.15) is 6.61 Å². The number of nitrogens with one attached hydrogen (secondary N) is 1. The summed E-state index contributed by atoms with van der Waals surface area (Å²) in [6.45, 7) is 1.93. The molecule has 0 aliphatic rings. The van der Waals surface area contributed by atoms with Crippen LogP contribution in [-0.4, -0.2) is 26.7 Å². The van der Waals surface area contributed by atoms with E-state index in [1.807, 2.05) is 14.0 Å². The van der Waals surface area contributed by atoms with Crippen LogP contribution in [0.25, 0.3) is 0 Å². The molecule has 0 spiro atoms. The van der Waals surface area contributed by atoms with Crippen molar-refractivity contribution in [1.29, 1.82) is 0 Å². The molecule has 2 nitrogen and oxygen atoms in total. The molecule has 0 bridgehead atoms. The molecule has 0 aliphatic heterocycles. The van der Waals surface area contributed by atoms with Gasteiger partial charge in [0, 0.05) is 17.5 Å². The number of hydrogen-bond donors (Lipinski definition) is 1. The van der Waals surface area contributed by atoms with E-state index >= 15 is 0 Å². The highest BCUT2D eigenvalue weighted by molar-refractivity contribution is 7.10. The molecule has 0 saturated heterocycles. The van der Waals surface area contributed by atoms with Crippen LogP contribution in [0.1, 0.15) is 22.9 Å². The minimum absolute atomic E-state index is 0.183. The van der Waals surface area contributed by atoms with E-state index in [4.69, 9.17) is 4.74 Å². The Balaban J connectivity index is 2.32. The van der Waals surface area contributed by atoms with Crippen molar-refractivity contribution in [1.82, 2.24) is 5.32 Å². The normalized spacial score (nSPS) is 13.3. The lowest BCUT2D eigenvalue weighted by Crippen LogP contribution is -2.18. The Morgan fingerprint density at radius 3 is 2.75 bits per heavy atom. The largest absolute Gasteiger partial charge is 0.375 e. The summed E-state index contributed by atoms with van der Waals surface area (Å²) in [5.41, 5.74) is 1.20. The highest BCUT2D eigenvalue weighted by Crippen LogP contribution is 2.22. The summed E-state index contributed by atoms with van der Waals surface area (Å²) >= 11 is 1.69. The quantitative estimate of drug-likeness (QED) is 0.750. The lowest BCUT2D eigenvalue weighted by Gasteiger charge is -2.14. The second-order valence-corrected chi connectivity index (χ2v) is 4.70. The predicted molar refractivity (Wildman–Crippen MR) is 62.3 cm³/mol. The first-order chi connectivity index (χ1) is 7.63. The molecule has 1 aromatic rings. The Kier molecular flexibility index (Phi) is 5.87. The summed E-state index contributed by atoms with van der Waals surface area (Å²) in [6.07, 6.45) is -1.67. The van der Waals surface area contributed by atoms with Crippen molar-refractivity contribution in [3.05, 3.63) is 21.9 Å². The van der Waals surface area contributed by atoms with Gasteiger partial charge < -0.3 is 10.1 Å². The molecule has 1 rings (SSSR count). The smallest absolute Gasteiger partial charge is 0.261 e. The minimum Gasteiger partial charge on any atom is -0.375 e. The second kappa shape index (κ2) is 6.93. The van der Waals surface area contributed by atoms with Crippen LogP contribution in [0.15, 0.2) is 11.4 Å². The lowest BCUT2D eigenvalue weighted by molar-refractivity contribution is 0.0145. The number of alkyl halides is 2. The highest BCUT2D eigenvalue weighted by Gasteiger charge is 2.11. The number of ether oxygens (including phenoxy) is 1. The van der Waals surface area contributed by atoms with Crippen LogP contribution in [0.3, 0.4) is 0 Å². The minimum atomic E-state index is -2.38. The molecule has 1 aromatic heterocycles. The van der Waals surface area contributed by atoms with E-state index in [0.717, 1.165) is 0 Å². The second-order valence-electron chi connectivity index (χ2n) is 3.59.